The van der Waals surface area contributed by atoms with Gasteiger partial charge in [0.25, 0.3) is 0 Å². The van der Waals surface area contributed by atoms with E-state index in [1.54, 1.807) is 0 Å². The van der Waals surface area contributed by atoms with E-state index >= 15 is 0 Å². The Morgan fingerprint density at radius 3 is 2.69 bits per heavy atom. The first-order valence-electron chi connectivity index (χ1n) is 5.40. The van der Waals surface area contributed by atoms with E-state index in [9.17, 15) is 5.11 Å². The Kier molecular flexibility index (Phi) is 3.67. The van der Waals surface area contributed by atoms with Crippen molar-refractivity contribution >= 4 is 29.1 Å². The molecule has 0 aromatic heterocycles. The summed E-state index contributed by atoms with van der Waals surface area (Å²) in [6.45, 7) is 2.37. The van der Waals surface area contributed by atoms with Crippen LogP contribution in [0, 0.1) is 0 Å². The maximum Gasteiger partial charge on any atom is 0.0704 e. The van der Waals surface area contributed by atoms with E-state index < -0.39 is 0 Å². The van der Waals surface area contributed by atoms with E-state index in [1.807, 2.05) is 36.0 Å². The zero-order valence-corrected chi connectivity index (χ0v) is 10.8. The largest absolute Gasteiger partial charge is 0.394 e. The fraction of sp³-hybridized carbons (Fsp3) is 0.500. The third-order valence-electron chi connectivity index (χ3n) is 2.88. The van der Waals surface area contributed by atoms with Crippen LogP contribution in [0.3, 0.4) is 0 Å². The Hall–Kier alpha value is -0.380. The van der Waals surface area contributed by atoms with Crippen LogP contribution in [0.1, 0.15) is 13.3 Å². The highest BCUT2D eigenvalue weighted by Crippen LogP contribution is 2.36. The molecule has 2 N–H and O–H groups in total. The Balaban J connectivity index is 2.10. The molecule has 4 heteroatoms. The van der Waals surface area contributed by atoms with Crippen LogP contribution in [0.2, 0.25) is 5.02 Å². The highest BCUT2D eigenvalue weighted by Gasteiger charge is 2.37. The molecule has 1 heterocycles. The van der Waals surface area contributed by atoms with Crippen molar-refractivity contribution in [1.29, 1.82) is 0 Å². The summed E-state index contributed by atoms with van der Waals surface area (Å²) >= 11 is 7.74. The van der Waals surface area contributed by atoms with E-state index in [2.05, 4.69) is 12.2 Å². The van der Waals surface area contributed by atoms with Gasteiger partial charge in [-0.2, -0.15) is 11.8 Å². The van der Waals surface area contributed by atoms with Crippen LogP contribution in [0.15, 0.2) is 24.3 Å². The van der Waals surface area contributed by atoms with Gasteiger partial charge in [-0.25, -0.2) is 0 Å². The third kappa shape index (κ3) is 2.65. The van der Waals surface area contributed by atoms with Gasteiger partial charge >= 0.3 is 0 Å². The summed E-state index contributed by atoms with van der Waals surface area (Å²) < 4.78 is 0. The van der Waals surface area contributed by atoms with Crippen molar-refractivity contribution in [3.05, 3.63) is 29.3 Å². The minimum absolute atomic E-state index is 0.169. The topological polar surface area (TPSA) is 32.3 Å². The minimum atomic E-state index is -0.169. The summed E-state index contributed by atoms with van der Waals surface area (Å²) in [5.41, 5.74) is 0.853. The van der Waals surface area contributed by atoms with Crippen LogP contribution in [-0.2, 0) is 0 Å². The molecule has 2 atom stereocenters. The highest BCUT2D eigenvalue weighted by molar-refractivity contribution is 8.00. The Bertz CT molecular complexity index is 357. The molecule has 0 spiro atoms. The van der Waals surface area contributed by atoms with Gasteiger partial charge in [-0.3, -0.25) is 0 Å². The molecule has 0 amide bonds. The number of anilines is 1. The number of rotatable bonds is 3. The predicted molar refractivity (Wildman–Crippen MR) is 71.4 cm³/mol. The molecule has 2 unspecified atom stereocenters. The maximum atomic E-state index is 9.55. The number of hydrogen-bond donors (Lipinski definition) is 2. The fourth-order valence-corrected chi connectivity index (χ4v) is 3.49. The lowest BCUT2D eigenvalue weighted by molar-refractivity contribution is 0.223. The third-order valence-corrected chi connectivity index (χ3v) is 4.59. The quantitative estimate of drug-likeness (QED) is 0.873. The summed E-state index contributed by atoms with van der Waals surface area (Å²) in [7, 11) is 0. The first kappa shape index (κ1) is 12.1. The van der Waals surface area contributed by atoms with Crippen LogP contribution in [0.25, 0.3) is 0 Å². The van der Waals surface area contributed by atoms with Crippen LogP contribution in [0.4, 0.5) is 5.69 Å². The average molecular weight is 258 g/mol. The van der Waals surface area contributed by atoms with Gasteiger partial charge in [0.2, 0.25) is 0 Å². The van der Waals surface area contributed by atoms with E-state index in [-0.39, 0.29) is 12.1 Å². The SMILES string of the molecule is CC1CC(CO)(Nc2ccc(Cl)cc2)CS1. The van der Waals surface area contributed by atoms with Crippen molar-refractivity contribution < 1.29 is 5.11 Å². The summed E-state index contributed by atoms with van der Waals surface area (Å²) in [5, 5.41) is 14.3. The molecule has 1 aliphatic rings. The molecule has 2 rings (SSSR count). The second-order valence-corrected chi connectivity index (χ2v) is 6.26. The summed E-state index contributed by atoms with van der Waals surface area (Å²) in [6.07, 6.45) is 0.997. The Morgan fingerprint density at radius 1 is 1.50 bits per heavy atom. The summed E-state index contributed by atoms with van der Waals surface area (Å²) in [4.78, 5) is 0. The number of aliphatic hydroxyl groups is 1. The molecule has 1 saturated heterocycles. The smallest absolute Gasteiger partial charge is 0.0704 e. The van der Waals surface area contributed by atoms with Gasteiger partial charge < -0.3 is 10.4 Å². The number of hydrogen-bond acceptors (Lipinski definition) is 3. The van der Waals surface area contributed by atoms with E-state index in [0.29, 0.717) is 5.25 Å². The second kappa shape index (κ2) is 4.86. The number of benzene rings is 1. The summed E-state index contributed by atoms with van der Waals surface area (Å²) in [6, 6.07) is 7.63. The molecule has 0 radical (unpaired) electrons. The highest BCUT2D eigenvalue weighted by atomic mass is 35.5. The molecular weight excluding hydrogens is 242 g/mol. The van der Waals surface area contributed by atoms with Gasteiger partial charge in [-0.1, -0.05) is 18.5 Å². The Labute approximate surface area is 105 Å². The minimum Gasteiger partial charge on any atom is -0.394 e. The zero-order valence-electron chi connectivity index (χ0n) is 9.24. The molecule has 1 aromatic rings. The van der Waals surface area contributed by atoms with Gasteiger partial charge in [0.05, 0.1) is 12.1 Å². The Morgan fingerprint density at radius 2 is 2.19 bits per heavy atom. The molecule has 1 fully saturated rings. The van der Waals surface area contributed by atoms with Gasteiger partial charge in [-0.15, -0.1) is 0 Å². The van der Waals surface area contributed by atoms with Crippen molar-refractivity contribution in [2.45, 2.75) is 24.1 Å². The van der Waals surface area contributed by atoms with Gasteiger partial charge in [0.15, 0.2) is 0 Å². The van der Waals surface area contributed by atoms with Crippen molar-refractivity contribution in [3.63, 3.8) is 0 Å². The van der Waals surface area contributed by atoms with Crippen molar-refractivity contribution in [3.8, 4) is 0 Å². The van der Waals surface area contributed by atoms with Crippen LogP contribution >= 0.6 is 23.4 Å². The first-order chi connectivity index (χ1) is 7.63. The second-order valence-electron chi connectivity index (χ2n) is 4.40. The molecule has 16 heavy (non-hydrogen) atoms. The lowest BCUT2D eigenvalue weighted by Gasteiger charge is -2.28. The van der Waals surface area contributed by atoms with E-state index in [1.165, 1.54) is 0 Å². The summed E-state index contributed by atoms with van der Waals surface area (Å²) in [5.74, 6) is 0.952. The molecule has 2 nitrogen and oxygen atoms in total. The van der Waals surface area contributed by atoms with E-state index in [4.69, 9.17) is 11.6 Å². The molecule has 0 bridgehead atoms. The van der Waals surface area contributed by atoms with Crippen LogP contribution < -0.4 is 5.32 Å². The first-order valence-corrected chi connectivity index (χ1v) is 6.82. The van der Waals surface area contributed by atoms with Crippen LogP contribution in [-0.4, -0.2) is 28.3 Å². The molecule has 1 aliphatic heterocycles. The molecular formula is C12H16ClNOS. The number of halogens is 1. The normalized spacial score (nSPS) is 29.3. The number of nitrogens with one attached hydrogen (secondary N) is 1. The van der Waals surface area contributed by atoms with E-state index in [0.717, 1.165) is 22.9 Å². The van der Waals surface area contributed by atoms with Crippen LogP contribution in [0.5, 0.6) is 0 Å². The van der Waals surface area contributed by atoms with Gasteiger partial charge in [-0.05, 0) is 30.7 Å². The van der Waals surface area contributed by atoms with Crippen molar-refractivity contribution in [1.82, 2.24) is 0 Å². The molecule has 0 saturated carbocycles. The lowest BCUT2D eigenvalue weighted by Crippen LogP contribution is -2.42. The molecule has 0 aliphatic carbocycles. The lowest BCUT2D eigenvalue weighted by atomic mass is 9.97. The zero-order chi connectivity index (χ0) is 11.6. The predicted octanol–water partition coefficient (Wildman–Crippen LogP) is 3.01. The number of thioether (sulfide) groups is 1. The molecule has 1 aromatic carbocycles. The van der Waals surface area contributed by atoms with Crippen molar-refractivity contribution in [2.24, 2.45) is 0 Å². The van der Waals surface area contributed by atoms with Crippen molar-refractivity contribution in [2.75, 3.05) is 17.7 Å². The standard InChI is InChI=1S/C12H16ClNOS/c1-9-6-12(7-15,8-16-9)14-11-4-2-10(13)3-5-11/h2-5,9,14-15H,6-8H2,1H3. The number of aliphatic hydroxyl groups excluding tert-OH is 1. The monoisotopic (exact) mass is 257 g/mol. The van der Waals surface area contributed by atoms with Gasteiger partial charge in [0, 0.05) is 21.7 Å². The van der Waals surface area contributed by atoms with Gasteiger partial charge in [0.1, 0.15) is 0 Å². The average Bonchev–Trinajstić information content (AvgIpc) is 2.64. The fourth-order valence-electron chi connectivity index (χ4n) is 2.05. The maximum absolute atomic E-state index is 9.55. The molecule has 88 valence electrons.